The Morgan fingerprint density at radius 1 is 1.42 bits per heavy atom. The third-order valence-electron chi connectivity index (χ3n) is 4.05. The quantitative estimate of drug-likeness (QED) is 0.926. The van der Waals surface area contributed by atoms with Crippen LogP contribution in [0.5, 0.6) is 0 Å². The molecule has 2 aromatic rings. The molecule has 1 aliphatic rings. The summed E-state index contributed by atoms with van der Waals surface area (Å²) in [5, 5.41) is 3.05. The molecule has 128 valence electrons. The van der Waals surface area contributed by atoms with E-state index < -0.39 is 0 Å². The molecule has 1 aliphatic heterocycles. The predicted molar refractivity (Wildman–Crippen MR) is 93.1 cm³/mol. The molecule has 3 heterocycles. The lowest BCUT2D eigenvalue weighted by molar-refractivity contribution is 0.0942. The molecule has 7 heteroatoms. The van der Waals surface area contributed by atoms with Crippen LogP contribution in [0.4, 0.5) is 10.2 Å². The normalized spacial score (nSPS) is 18.0. The predicted octanol–water partition coefficient (Wildman–Crippen LogP) is 2.98. The van der Waals surface area contributed by atoms with Crippen LogP contribution in [0.2, 0.25) is 0 Å². The molecule has 2 aromatic heterocycles. The molecule has 0 saturated carbocycles. The minimum atomic E-state index is -0.332. The number of hydrogen-bond acceptors (Lipinski definition) is 5. The molecule has 1 fully saturated rings. The van der Waals surface area contributed by atoms with Gasteiger partial charge in [-0.15, -0.1) is 11.3 Å². The summed E-state index contributed by atoms with van der Waals surface area (Å²) < 4.78 is 13.8. The third kappa shape index (κ3) is 3.40. The standard InChI is InChI=1S/C17H21FN4OS/c1-17(2,3)14-13(24-10-20-14)16(23)21-11-6-8-22(9-11)15-12(18)5-4-7-19-15/h4-5,7,10-11H,6,8-9H2,1-3H3,(H,21,23). The van der Waals surface area contributed by atoms with Crippen LogP contribution < -0.4 is 10.2 Å². The Kier molecular flexibility index (Phi) is 4.54. The van der Waals surface area contributed by atoms with Crippen molar-refractivity contribution in [2.24, 2.45) is 0 Å². The molecule has 0 radical (unpaired) electrons. The number of rotatable bonds is 3. The van der Waals surface area contributed by atoms with E-state index in [1.165, 1.54) is 17.4 Å². The van der Waals surface area contributed by atoms with Gasteiger partial charge in [-0.05, 0) is 18.6 Å². The summed E-state index contributed by atoms with van der Waals surface area (Å²) >= 11 is 1.36. The third-order valence-corrected chi connectivity index (χ3v) is 4.87. The van der Waals surface area contributed by atoms with Crippen molar-refractivity contribution >= 4 is 23.1 Å². The van der Waals surface area contributed by atoms with Crippen molar-refractivity contribution in [2.75, 3.05) is 18.0 Å². The molecule has 0 bridgehead atoms. The van der Waals surface area contributed by atoms with Crippen LogP contribution in [0.15, 0.2) is 23.8 Å². The number of amides is 1. The first-order chi connectivity index (χ1) is 11.4. The van der Waals surface area contributed by atoms with E-state index in [-0.39, 0.29) is 23.2 Å². The zero-order valence-corrected chi connectivity index (χ0v) is 14.9. The molecular weight excluding hydrogens is 327 g/mol. The highest BCUT2D eigenvalue weighted by Gasteiger charge is 2.30. The van der Waals surface area contributed by atoms with Crippen molar-refractivity contribution in [1.82, 2.24) is 15.3 Å². The Bertz CT molecular complexity index is 740. The van der Waals surface area contributed by atoms with Gasteiger partial charge in [-0.25, -0.2) is 14.4 Å². The molecule has 1 atom stereocenters. The highest BCUT2D eigenvalue weighted by molar-refractivity contribution is 7.11. The van der Waals surface area contributed by atoms with Gasteiger partial charge in [0, 0.05) is 30.7 Å². The van der Waals surface area contributed by atoms with Gasteiger partial charge in [-0.3, -0.25) is 4.79 Å². The second-order valence-corrected chi connectivity index (χ2v) is 7.85. The second kappa shape index (κ2) is 6.47. The summed E-state index contributed by atoms with van der Waals surface area (Å²) in [6.07, 6.45) is 2.35. The van der Waals surface area contributed by atoms with Crippen molar-refractivity contribution in [3.8, 4) is 0 Å². The maximum absolute atomic E-state index is 13.8. The lowest BCUT2D eigenvalue weighted by atomic mass is 9.91. The van der Waals surface area contributed by atoms with Gasteiger partial charge in [0.25, 0.3) is 5.91 Å². The van der Waals surface area contributed by atoms with E-state index in [0.717, 1.165) is 12.1 Å². The van der Waals surface area contributed by atoms with E-state index in [4.69, 9.17) is 0 Å². The monoisotopic (exact) mass is 348 g/mol. The Morgan fingerprint density at radius 2 is 2.21 bits per heavy atom. The van der Waals surface area contributed by atoms with Crippen LogP contribution in [0.1, 0.15) is 42.6 Å². The topological polar surface area (TPSA) is 58.1 Å². The summed E-state index contributed by atoms with van der Waals surface area (Å²) in [5.41, 5.74) is 2.35. The van der Waals surface area contributed by atoms with Crippen molar-refractivity contribution < 1.29 is 9.18 Å². The van der Waals surface area contributed by atoms with E-state index in [1.54, 1.807) is 17.8 Å². The minimum absolute atomic E-state index is 0.0196. The highest BCUT2D eigenvalue weighted by Crippen LogP contribution is 2.27. The smallest absolute Gasteiger partial charge is 0.263 e. The summed E-state index contributed by atoms with van der Waals surface area (Å²) in [6.45, 7) is 7.36. The molecule has 0 spiro atoms. The van der Waals surface area contributed by atoms with Crippen LogP contribution in [0.25, 0.3) is 0 Å². The number of aromatic nitrogens is 2. The summed E-state index contributed by atoms with van der Waals surface area (Å²) in [5.74, 6) is -0.0832. The Hall–Kier alpha value is -2.02. The summed E-state index contributed by atoms with van der Waals surface area (Å²) in [6, 6.07) is 2.96. The van der Waals surface area contributed by atoms with E-state index >= 15 is 0 Å². The van der Waals surface area contributed by atoms with Gasteiger partial charge in [-0.1, -0.05) is 20.8 Å². The Labute approximate surface area is 144 Å². The fourth-order valence-electron chi connectivity index (χ4n) is 2.87. The molecule has 3 rings (SSSR count). The van der Waals surface area contributed by atoms with Crippen LogP contribution in [0.3, 0.4) is 0 Å². The second-order valence-electron chi connectivity index (χ2n) is 6.99. The number of anilines is 1. The van der Waals surface area contributed by atoms with Crippen molar-refractivity contribution in [1.29, 1.82) is 0 Å². The molecule has 1 amide bonds. The number of nitrogens with one attached hydrogen (secondary N) is 1. The van der Waals surface area contributed by atoms with Gasteiger partial charge in [-0.2, -0.15) is 0 Å². The number of carbonyl (C=O) groups is 1. The molecule has 0 aliphatic carbocycles. The highest BCUT2D eigenvalue weighted by atomic mass is 32.1. The molecule has 1 N–H and O–H groups in total. The van der Waals surface area contributed by atoms with E-state index in [2.05, 4.69) is 15.3 Å². The van der Waals surface area contributed by atoms with E-state index in [9.17, 15) is 9.18 Å². The first-order valence-electron chi connectivity index (χ1n) is 7.96. The van der Waals surface area contributed by atoms with Gasteiger partial charge >= 0.3 is 0 Å². The number of hydrogen-bond donors (Lipinski definition) is 1. The van der Waals surface area contributed by atoms with Crippen molar-refractivity contribution in [3.05, 3.63) is 40.2 Å². The largest absolute Gasteiger partial charge is 0.352 e. The van der Waals surface area contributed by atoms with E-state index in [0.29, 0.717) is 23.8 Å². The van der Waals surface area contributed by atoms with Crippen LogP contribution >= 0.6 is 11.3 Å². The molecule has 1 saturated heterocycles. The van der Waals surface area contributed by atoms with Gasteiger partial charge in [0.1, 0.15) is 4.88 Å². The molecular formula is C17H21FN4OS. The minimum Gasteiger partial charge on any atom is -0.352 e. The number of thiazole rings is 1. The van der Waals surface area contributed by atoms with E-state index in [1.807, 2.05) is 25.7 Å². The summed E-state index contributed by atoms with van der Waals surface area (Å²) in [7, 11) is 0. The molecule has 1 unspecified atom stereocenters. The number of carbonyl (C=O) groups excluding carboxylic acids is 1. The number of halogens is 1. The lowest BCUT2D eigenvalue weighted by Crippen LogP contribution is -2.38. The van der Waals surface area contributed by atoms with Gasteiger partial charge < -0.3 is 10.2 Å². The average Bonchev–Trinajstić information content (AvgIpc) is 3.16. The van der Waals surface area contributed by atoms with Gasteiger partial charge in [0.2, 0.25) is 0 Å². The maximum atomic E-state index is 13.8. The van der Waals surface area contributed by atoms with Crippen molar-refractivity contribution in [2.45, 2.75) is 38.6 Å². The first kappa shape index (κ1) is 16.8. The fourth-order valence-corrected chi connectivity index (χ4v) is 3.77. The Balaban J connectivity index is 1.67. The number of pyridine rings is 1. The molecule has 0 aromatic carbocycles. The molecule has 24 heavy (non-hydrogen) atoms. The zero-order valence-electron chi connectivity index (χ0n) is 14.0. The average molecular weight is 348 g/mol. The maximum Gasteiger partial charge on any atom is 0.263 e. The Morgan fingerprint density at radius 3 is 2.92 bits per heavy atom. The lowest BCUT2D eigenvalue weighted by Gasteiger charge is -2.20. The van der Waals surface area contributed by atoms with Gasteiger partial charge in [0.05, 0.1) is 11.2 Å². The first-order valence-corrected chi connectivity index (χ1v) is 8.84. The van der Waals surface area contributed by atoms with Crippen molar-refractivity contribution in [3.63, 3.8) is 0 Å². The van der Waals surface area contributed by atoms with Crippen LogP contribution in [-0.2, 0) is 5.41 Å². The summed E-state index contributed by atoms with van der Waals surface area (Å²) in [4.78, 5) is 23.6. The number of nitrogens with zero attached hydrogens (tertiary/aromatic N) is 3. The van der Waals surface area contributed by atoms with Crippen LogP contribution in [0, 0.1) is 5.82 Å². The van der Waals surface area contributed by atoms with Gasteiger partial charge in [0.15, 0.2) is 11.6 Å². The molecule has 5 nitrogen and oxygen atoms in total. The fraction of sp³-hybridized carbons (Fsp3) is 0.471. The zero-order chi connectivity index (χ0) is 17.3. The SMILES string of the molecule is CC(C)(C)c1ncsc1C(=O)NC1CCN(c2ncccc2F)C1. The van der Waals surface area contributed by atoms with Crippen LogP contribution in [-0.4, -0.2) is 35.0 Å².